The van der Waals surface area contributed by atoms with Crippen molar-refractivity contribution in [3.05, 3.63) is 0 Å². The molecule has 0 aliphatic rings. The van der Waals surface area contributed by atoms with E-state index in [1.54, 1.807) is 0 Å². The monoisotopic (exact) mass is 825 g/mol. The van der Waals surface area contributed by atoms with Crippen LogP contribution in [0.5, 0.6) is 0 Å². The molecule has 0 fully saturated rings. The van der Waals surface area contributed by atoms with Crippen molar-refractivity contribution >= 4 is 11.9 Å². The van der Waals surface area contributed by atoms with Gasteiger partial charge in [0.05, 0.1) is 13.2 Å². The molecule has 0 aromatic carbocycles. The number of hydrogen-bond acceptors (Lipinski definition) is 8. The fourth-order valence-corrected chi connectivity index (χ4v) is 8.03. The first-order valence-electron chi connectivity index (χ1n) is 25.5. The summed E-state index contributed by atoms with van der Waals surface area (Å²) in [6.45, 7) is 11.3. The summed E-state index contributed by atoms with van der Waals surface area (Å²) in [6.07, 6.45) is 43.9. The highest BCUT2D eigenvalue weighted by Crippen LogP contribution is 2.15. The zero-order valence-corrected chi connectivity index (χ0v) is 38.9. The van der Waals surface area contributed by atoms with Gasteiger partial charge in [-0.2, -0.15) is 0 Å². The minimum absolute atomic E-state index is 0.145. The van der Waals surface area contributed by atoms with E-state index in [2.05, 4.69) is 23.6 Å². The largest absolute Gasteiger partial charge is 0.462 e. The maximum atomic E-state index is 12.1. The highest BCUT2D eigenvalue weighted by Gasteiger charge is 2.08. The molecule has 0 spiro atoms. The fraction of sp³-hybridized carbons (Fsp3) is 0.960. The fourth-order valence-electron chi connectivity index (χ4n) is 8.03. The second-order valence-electron chi connectivity index (χ2n) is 17.4. The molecule has 58 heavy (non-hydrogen) atoms. The van der Waals surface area contributed by atoms with Crippen LogP contribution < -0.4 is 0 Å². The summed E-state index contributed by atoms with van der Waals surface area (Å²) in [6, 6.07) is 0. The van der Waals surface area contributed by atoms with Crippen molar-refractivity contribution in [2.24, 2.45) is 0 Å². The summed E-state index contributed by atoms with van der Waals surface area (Å²) >= 11 is 0. The number of esters is 2. The first-order valence-corrected chi connectivity index (χ1v) is 25.5. The highest BCUT2D eigenvalue weighted by molar-refractivity contribution is 5.70. The van der Waals surface area contributed by atoms with E-state index in [0.717, 1.165) is 77.8 Å². The Morgan fingerprint density at radius 1 is 0.328 bits per heavy atom. The lowest BCUT2D eigenvalue weighted by atomic mass is 10.1. The van der Waals surface area contributed by atoms with E-state index in [4.69, 9.17) is 9.47 Å². The van der Waals surface area contributed by atoms with Gasteiger partial charge in [0.2, 0.25) is 0 Å². The quantitative estimate of drug-likeness (QED) is 0.0462. The SMILES string of the molecule is CCCCCCCCCCCCN(CCO)CCCCCCCCCC(=O)OCCOC(=O)CCCCCCCCCN(CCO)CCCCCCCCCCCC. The van der Waals surface area contributed by atoms with E-state index in [9.17, 15) is 19.8 Å². The predicted molar refractivity (Wildman–Crippen MR) is 247 cm³/mol. The maximum Gasteiger partial charge on any atom is 0.305 e. The molecule has 0 aliphatic heterocycles. The first-order chi connectivity index (χ1) is 28.6. The molecule has 0 bridgehead atoms. The van der Waals surface area contributed by atoms with Crippen LogP contribution in [0.2, 0.25) is 0 Å². The molecule has 0 amide bonds. The standard InChI is InChI=1S/C50H100N2O6/c1-3-5-7-9-11-13-15-21-27-33-39-51(43-45-53)41-35-29-23-17-19-25-31-37-49(55)57-47-48-58-50(56)38-32-26-20-18-24-30-36-42-52(44-46-54)40-34-28-22-16-14-12-10-8-6-4-2/h53-54H,3-48H2,1-2H3. The second kappa shape index (κ2) is 48.4. The van der Waals surface area contributed by atoms with Crippen molar-refractivity contribution in [1.82, 2.24) is 9.80 Å². The van der Waals surface area contributed by atoms with E-state index < -0.39 is 0 Å². The van der Waals surface area contributed by atoms with Crippen molar-refractivity contribution in [2.75, 3.05) is 65.7 Å². The number of nitrogens with zero attached hydrogens (tertiary/aromatic N) is 2. The molecule has 2 N–H and O–H groups in total. The summed E-state index contributed by atoms with van der Waals surface area (Å²) < 4.78 is 10.6. The van der Waals surface area contributed by atoms with Crippen LogP contribution in [0.3, 0.4) is 0 Å². The Bertz CT molecular complexity index is 764. The van der Waals surface area contributed by atoms with Gasteiger partial charge in [-0.25, -0.2) is 0 Å². The normalized spacial score (nSPS) is 11.6. The van der Waals surface area contributed by atoms with Crippen molar-refractivity contribution < 1.29 is 29.3 Å². The number of rotatable bonds is 49. The van der Waals surface area contributed by atoms with Crippen LogP contribution in [0.1, 0.15) is 245 Å². The van der Waals surface area contributed by atoms with Gasteiger partial charge in [-0.3, -0.25) is 9.59 Å². The predicted octanol–water partition coefficient (Wildman–Crippen LogP) is 12.7. The summed E-state index contributed by atoms with van der Waals surface area (Å²) in [7, 11) is 0. The molecular formula is C50H100N2O6. The first kappa shape index (κ1) is 56.8. The number of carbonyl (C=O) groups is 2. The van der Waals surface area contributed by atoms with E-state index >= 15 is 0 Å². The van der Waals surface area contributed by atoms with Crippen LogP contribution in [0, 0.1) is 0 Å². The molecule has 0 aromatic heterocycles. The van der Waals surface area contributed by atoms with E-state index in [1.165, 1.54) is 180 Å². The number of ether oxygens (including phenoxy) is 2. The minimum atomic E-state index is -0.197. The Morgan fingerprint density at radius 3 is 0.793 bits per heavy atom. The van der Waals surface area contributed by atoms with Gasteiger partial charge in [0, 0.05) is 25.9 Å². The Labute approximate surface area is 360 Å². The Kier molecular flexibility index (Phi) is 47.4. The van der Waals surface area contributed by atoms with Crippen LogP contribution in [-0.2, 0) is 19.1 Å². The van der Waals surface area contributed by atoms with Crippen molar-refractivity contribution in [3.8, 4) is 0 Å². The summed E-state index contributed by atoms with van der Waals surface area (Å²) in [5.41, 5.74) is 0. The molecule has 0 atom stereocenters. The molecule has 0 radical (unpaired) electrons. The third-order valence-electron chi connectivity index (χ3n) is 11.8. The van der Waals surface area contributed by atoms with Gasteiger partial charge in [-0.05, 0) is 64.7 Å². The zero-order chi connectivity index (χ0) is 42.3. The highest BCUT2D eigenvalue weighted by atomic mass is 16.6. The molecule has 0 heterocycles. The van der Waals surface area contributed by atoms with Crippen molar-refractivity contribution in [1.29, 1.82) is 0 Å². The van der Waals surface area contributed by atoms with E-state index in [-0.39, 0.29) is 38.4 Å². The third-order valence-corrected chi connectivity index (χ3v) is 11.8. The molecule has 0 rings (SSSR count). The van der Waals surface area contributed by atoms with Gasteiger partial charge < -0.3 is 29.5 Å². The molecule has 346 valence electrons. The number of carbonyl (C=O) groups excluding carboxylic acids is 2. The summed E-state index contributed by atoms with van der Waals surface area (Å²) in [4.78, 5) is 29.0. The molecule has 0 aromatic rings. The van der Waals surface area contributed by atoms with Gasteiger partial charge in [0.25, 0.3) is 0 Å². The average Bonchev–Trinajstić information content (AvgIpc) is 3.22. The second-order valence-corrected chi connectivity index (χ2v) is 17.4. The van der Waals surface area contributed by atoms with Crippen LogP contribution >= 0.6 is 0 Å². The number of hydrogen-bond donors (Lipinski definition) is 2. The summed E-state index contributed by atoms with van der Waals surface area (Å²) in [5.74, 6) is -0.393. The number of aliphatic hydroxyl groups excluding tert-OH is 2. The Morgan fingerprint density at radius 2 is 0.552 bits per heavy atom. The minimum Gasteiger partial charge on any atom is -0.462 e. The van der Waals surface area contributed by atoms with E-state index in [0.29, 0.717) is 12.8 Å². The number of unbranched alkanes of at least 4 members (excludes halogenated alkanes) is 30. The summed E-state index contributed by atoms with van der Waals surface area (Å²) in [5, 5.41) is 18.9. The molecule has 0 unspecified atom stereocenters. The third kappa shape index (κ3) is 44.3. The van der Waals surface area contributed by atoms with Crippen LogP contribution in [0.4, 0.5) is 0 Å². The lowest BCUT2D eigenvalue weighted by molar-refractivity contribution is -0.152. The van der Waals surface area contributed by atoms with Gasteiger partial charge >= 0.3 is 11.9 Å². The smallest absolute Gasteiger partial charge is 0.305 e. The van der Waals surface area contributed by atoms with Gasteiger partial charge in [-0.1, -0.05) is 194 Å². The molecule has 0 saturated heterocycles. The number of aliphatic hydroxyl groups is 2. The van der Waals surface area contributed by atoms with Gasteiger partial charge in [0.1, 0.15) is 13.2 Å². The van der Waals surface area contributed by atoms with E-state index in [1.807, 2.05) is 0 Å². The van der Waals surface area contributed by atoms with Crippen LogP contribution in [0.15, 0.2) is 0 Å². The lowest BCUT2D eigenvalue weighted by Gasteiger charge is -2.21. The maximum absolute atomic E-state index is 12.1. The molecule has 8 heteroatoms. The van der Waals surface area contributed by atoms with Crippen LogP contribution in [-0.4, -0.2) is 97.6 Å². The zero-order valence-electron chi connectivity index (χ0n) is 38.9. The Balaban J connectivity index is 3.57. The molecular weight excluding hydrogens is 725 g/mol. The lowest BCUT2D eigenvalue weighted by Crippen LogP contribution is -2.29. The molecule has 0 saturated carbocycles. The van der Waals surface area contributed by atoms with Crippen LogP contribution in [0.25, 0.3) is 0 Å². The van der Waals surface area contributed by atoms with Gasteiger partial charge in [-0.15, -0.1) is 0 Å². The van der Waals surface area contributed by atoms with Gasteiger partial charge in [0.15, 0.2) is 0 Å². The average molecular weight is 825 g/mol. The molecule has 8 nitrogen and oxygen atoms in total. The van der Waals surface area contributed by atoms with Crippen molar-refractivity contribution in [3.63, 3.8) is 0 Å². The Hall–Kier alpha value is -1.22. The van der Waals surface area contributed by atoms with Crippen molar-refractivity contribution in [2.45, 2.75) is 245 Å². The molecule has 0 aliphatic carbocycles. The topological polar surface area (TPSA) is 99.5 Å².